The number of likely N-dealkylation sites (tertiary alicyclic amines) is 1. The number of aliphatic carboxylic acids is 2. The third-order valence-electron chi connectivity index (χ3n) is 9.97. The summed E-state index contributed by atoms with van der Waals surface area (Å²) in [7, 11) is -3.02. The highest BCUT2D eigenvalue weighted by Crippen LogP contribution is 2.36. The van der Waals surface area contributed by atoms with E-state index in [1.54, 1.807) is 11.8 Å². The third kappa shape index (κ3) is 22.5. The average molecular weight is 849 g/mol. The maximum absolute atomic E-state index is 13.4. The van der Waals surface area contributed by atoms with Gasteiger partial charge in [-0.25, -0.2) is 13.2 Å². The van der Waals surface area contributed by atoms with Crippen molar-refractivity contribution in [3.63, 3.8) is 0 Å². The van der Waals surface area contributed by atoms with Crippen LogP contribution in [0.4, 0.5) is 0 Å². The summed E-state index contributed by atoms with van der Waals surface area (Å²) in [4.78, 5) is 38.1. The SMILES string of the molecule is CC(CCS(C)(=O)=O)C(=O)O.CCC.CCC.CCC.CSCCC(NC(=O)c1ccc(CN2C(C)CCC2CC2CCCCC2)cc1-c1ccccc1C)C(=O)O. The molecule has 1 heterocycles. The van der Waals surface area contributed by atoms with Crippen LogP contribution in [0.1, 0.15) is 160 Å². The van der Waals surface area contributed by atoms with Gasteiger partial charge >= 0.3 is 11.9 Å². The topological polar surface area (TPSA) is 141 Å². The molecule has 1 saturated carbocycles. The number of rotatable bonds is 15. The van der Waals surface area contributed by atoms with Crippen LogP contribution >= 0.6 is 11.8 Å². The first kappa shape index (κ1) is 55.1. The molecule has 0 aromatic heterocycles. The Kier molecular flexibility index (Phi) is 29.5. The fraction of sp³-hybridized carbons (Fsp3) is 0.681. The van der Waals surface area contributed by atoms with Crippen LogP contribution in [0.3, 0.4) is 0 Å². The summed E-state index contributed by atoms with van der Waals surface area (Å²) in [6.07, 6.45) is 18.1. The fourth-order valence-electron chi connectivity index (χ4n) is 6.91. The summed E-state index contributed by atoms with van der Waals surface area (Å²) in [6.45, 7) is 19.5. The lowest BCUT2D eigenvalue weighted by atomic mass is 9.84. The molecule has 332 valence electrons. The molecule has 1 saturated heterocycles. The van der Waals surface area contributed by atoms with E-state index in [9.17, 15) is 27.9 Å². The second kappa shape index (κ2) is 31.1. The van der Waals surface area contributed by atoms with Crippen molar-refractivity contribution in [3.8, 4) is 11.1 Å². The number of nitrogens with one attached hydrogen (secondary N) is 1. The van der Waals surface area contributed by atoms with Gasteiger partial charge in [-0.15, -0.1) is 0 Å². The first-order chi connectivity index (χ1) is 27.4. The Bertz CT molecular complexity index is 1560. The van der Waals surface area contributed by atoms with E-state index >= 15 is 0 Å². The summed E-state index contributed by atoms with van der Waals surface area (Å²) in [6, 6.07) is 14.5. The quantitative estimate of drug-likeness (QED) is 0.160. The van der Waals surface area contributed by atoms with Gasteiger partial charge in [-0.05, 0) is 98.3 Å². The molecule has 4 unspecified atom stereocenters. The van der Waals surface area contributed by atoms with Gasteiger partial charge in [0.1, 0.15) is 15.9 Å². The molecule has 4 rings (SSSR count). The number of carbonyl (C=O) groups excluding carboxylic acids is 1. The minimum Gasteiger partial charge on any atom is -0.481 e. The second-order valence-electron chi connectivity index (χ2n) is 16.1. The van der Waals surface area contributed by atoms with Crippen LogP contribution in [0.5, 0.6) is 0 Å². The molecule has 1 aliphatic heterocycles. The molecule has 2 aromatic carbocycles. The summed E-state index contributed by atoms with van der Waals surface area (Å²) >= 11 is 1.58. The number of carbonyl (C=O) groups is 3. The number of sulfone groups is 1. The molecule has 2 aliphatic rings. The molecule has 2 aromatic rings. The van der Waals surface area contributed by atoms with Crippen molar-refractivity contribution < 1.29 is 33.0 Å². The summed E-state index contributed by atoms with van der Waals surface area (Å²) in [5, 5.41) is 20.8. The van der Waals surface area contributed by atoms with Gasteiger partial charge in [0.05, 0.1) is 11.7 Å². The van der Waals surface area contributed by atoms with Crippen LogP contribution in [0, 0.1) is 18.8 Å². The second-order valence-corrected chi connectivity index (χ2v) is 19.4. The van der Waals surface area contributed by atoms with Crippen molar-refractivity contribution in [3.05, 3.63) is 59.2 Å². The summed E-state index contributed by atoms with van der Waals surface area (Å²) in [5.41, 5.74) is 4.73. The van der Waals surface area contributed by atoms with Crippen molar-refractivity contribution in [2.75, 3.05) is 24.0 Å². The molecule has 4 atom stereocenters. The standard InChI is InChI=1S/C32H44N2O3S.C6H12O4S.3C3H8/c1-22-9-7-8-12-27(22)29-20-25(14-16-28(29)31(35)33-30(32(36)37)17-18-38-3)21-34-23(2)13-15-26(34)19-24-10-5-4-6-11-24;1-5(6(7)8)3-4-11(2,9)10;3*1-3-2/h7-9,12,14,16,20,23-24,26,30H,4-6,10-11,13,15,17-19,21H2,1-3H3,(H,33,35)(H,36,37);5H,3-4H2,1-2H3,(H,7,8);3*3H2,1-2H3. The van der Waals surface area contributed by atoms with Gasteiger partial charge in [-0.3, -0.25) is 14.5 Å². The minimum atomic E-state index is -3.02. The average Bonchev–Trinajstić information content (AvgIpc) is 3.50. The van der Waals surface area contributed by atoms with E-state index in [1.807, 2.05) is 24.5 Å². The van der Waals surface area contributed by atoms with E-state index in [2.05, 4.69) is 89.9 Å². The maximum atomic E-state index is 13.4. The zero-order chi connectivity index (χ0) is 44.3. The predicted molar refractivity (Wildman–Crippen MR) is 247 cm³/mol. The van der Waals surface area contributed by atoms with Gasteiger partial charge in [-0.2, -0.15) is 11.8 Å². The Hall–Kier alpha value is -2.89. The van der Waals surface area contributed by atoms with Gasteiger partial charge < -0.3 is 15.5 Å². The van der Waals surface area contributed by atoms with Crippen LogP contribution in [-0.4, -0.2) is 83.5 Å². The van der Waals surface area contributed by atoms with Crippen molar-refractivity contribution >= 4 is 39.4 Å². The maximum Gasteiger partial charge on any atom is 0.326 e. The number of hydrogen-bond donors (Lipinski definition) is 3. The molecule has 11 heteroatoms. The van der Waals surface area contributed by atoms with Crippen LogP contribution in [-0.2, 0) is 26.0 Å². The molecule has 58 heavy (non-hydrogen) atoms. The Morgan fingerprint density at radius 2 is 1.43 bits per heavy atom. The molecule has 0 radical (unpaired) electrons. The van der Waals surface area contributed by atoms with Crippen molar-refractivity contribution in [2.45, 2.75) is 170 Å². The zero-order valence-corrected chi connectivity index (χ0v) is 39.6. The van der Waals surface area contributed by atoms with Crippen molar-refractivity contribution in [2.24, 2.45) is 11.8 Å². The van der Waals surface area contributed by atoms with E-state index < -0.39 is 33.7 Å². The zero-order valence-electron chi connectivity index (χ0n) is 37.9. The van der Waals surface area contributed by atoms with E-state index in [1.165, 1.54) is 83.1 Å². The summed E-state index contributed by atoms with van der Waals surface area (Å²) < 4.78 is 21.1. The first-order valence-electron chi connectivity index (χ1n) is 21.8. The Morgan fingerprint density at radius 3 is 1.95 bits per heavy atom. The molecule has 3 N–H and O–H groups in total. The predicted octanol–water partition coefficient (Wildman–Crippen LogP) is 11.3. The lowest BCUT2D eigenvalue weighted by Gasteiger charge is -2.32. The molecule has 1 amide bonds. The van der Waals surface area contributed by atoms with E-state index in [0.29, 0.717) is 29.8 Å². The van der Waals surface area contributed by atoms with E-state index in [4.69, 9.17) is 5.11 Å². The Balaban J connectivity index is 0.00000135. The highest BCUT2D eigenvalue weighted by molar-refractivity contribution is 7.98. The Labute approximate surface area is 357 Å². The monoisotopic (exact) mass is 849 g/mol. The van der Waals surface area contributed by atoms with Crippen molar-refractivity contribution in [1.82, 2.24) is 10.2 Å². The first-order valence-corrected chi connectivity index (χ1v) is 25.3. The highest BCUT2D eigenvalue weighted by Gasteiger charge is 2.33. The number of hydrogen-bond acceptors (Lipinski definition) is 7. The van der Waals surface area contributed by atoms with Crippen LogP contribution in [0.2, 0.25) is 0 Å². The molecular formula is C47H80N2O7S2. The Morgan fingerprint density at radius 1 is 0.845 bits per heavy atom. The number of carboxylic acids is 2. The number of aryl methyl sites for hydroxylation is 1. The minimum absolute atomic E-state index is 0.0551. The van der Waals surface area contributed by atoms with E-state index in [0.717, 1.165) is 35.4 Å². The number of amides is 1. The van der Waals surface area contributed by atoms with Crippen LogP contribution in [0.15, 0.2) is 42.5 Å². The smallest absolute Gasteiger partial charge is 0.326 e. The number of benzene rings is 2. The number of nitrogens with zero attached hydrogens (tertiary/aromatic N) is 1. The number of carboxylic acid groups (broad SMARTS) is 2. The highest BCUT2D eigenvalue weighted by atomic mass is 32.2. The van der Waals surface area contributed by atoms with Gasteiger partial charge in [0.2, 0.25) is 0 Å². The lowest BCUT2D eigenvalue weighted by molar-refractivity contribution is -0.141. The molecule has 0 bridgehead atoms. The van der Waals surface area contributed by atoms with Gasteiger partial charge in [-0.1, -0.05) is 130 Å². The molecular weight excluding hydrogens is 769 g/mol. The molecule has 1 aliphatic carbocycles. The molecule has 2 fully saturated rings. The fourth-order valence-corrected chi connectivity index (χ4v) is 8.16. The van der Waals surface area contributed by atoms with E-state index in [-0.39, 0.29) is 18.1 Å². The van der Waals surface area contributed by atoms with Gasteiger partial charge in [0.25, 0.3) is 5.91 Å². The summed E-state index contributed by atoms with van der Waals surface area (Å²) in [5.74, 6) is -1.36. The molecule has 9 nitrogen and oxygen atoms in total. The van der Waals surface area contributed by atoms with Crippen molar-refractivity contribution in [1.29, 1.82) is 0 Å². The lowest BCUT2D eigenvalue weighted by Crippen LogP contribution is -2.41. The molecule has 0 spiro atoms. The third-order valence-corrected chi connectivity index (χ3v) is 11.6. The van der Waals surface area contributed by atoms with Crippen LogP contribution < -0.4 is 5.32 Å². The number of thioether (sulfide) groups is 1. The largest absolute Gasteiger partial charge is 0.481 e. The van der Waals surface area contributed by atoms with Gasteiger partial charge in [0, 0.05) is 30.4 Å². The van der Waals surface area contributed by atoms with Gasteiger partial charge in [0.15, 0.2) is 0 Å². The normalized spacial score (nSPS) is 17.6. The van der Waals surface area contributed by atoms with Crippen LogP contribution in [0.25, 0.3) is 11.1 Å².